The van der Waals surface area contributed by atoms with Gasteiger partial charge in [-0.1, -0.05) is 0 Å². The molecule has 0 aliphatic heterocycles. The lowest BCUT2D eigenvalue weighted by Crippen LogP contribution is -2.29. The molecular formula is C11H18N6. The second-order valence-corrected chi connectivity index (χ2v) is 4.13. The number of hydrazine groups is 1. The highest BCUT2D eigenvalue weighted by Crippen LogP contribution is 2.15. The standard InChI is InChI=1S/C11H18N6/c1-16-8-6-13-11(16)4-3-9(14-12)10-5-7-17(2)15-10/h5-9,14H,3-4,12H2,1-2H3. The Bertz CT molecular complexity index is 472. The highest BCUT2D eigenvalue weighted by atomic mass is 15.3. The summed E-state index contributed by atoms with van der Waals surface area (Å²) in [5.74, 6) is 6.62. The summed E-state index contributed by atoms with van der Waals surface area (Å²) in [4.78, 5) is 4.29. The highest BCUT2D eigenvalue weighted by Gasteiger charge is 2.13. The number of hydrogen-bond donors (Lipinski definition) is 2. The van der Waals surface area contributed by atoms with Gasteiger partial charge in [0.2, 0.25) is 0 Å². The summed E-state index contributed by atoms with van der Waals surface area (Å²) in [5.41, 5.74) is 3.76. The lowest BCUT2D eigenvalue weighted by atomic mass is 10.1. The first-order chi connectivity index (χ1) is 8.20. The van der Waals surface area contributed by atoms with Gasteiger partial charge < -0.3 is 4.57 Å². The number of nitrogens with one attached hydrogen (secondary N) is 1. The van der Waals surface area contributed by atoms with Crippen LogP contribution in [-0.4, -0.2) is 19.3 Å². The van der Waals surface area contributed by atoms with E-state index in [9.17, 15) is 0 Å². The van der Waals surface area contributed by atoms with Crippen LogP contribution in [0.4, 0.5) is 0 Å². The van der Waals surface area contributed by atoms with E-state index in [0.717, 1.165) is 24.4 Å². The smallest absolute Gasteiger partial charge is 0.108 e. The molecule has 6 heteroatoms. The van der Waals surface area contributed by atoms with Crippen molar-refractivity contribution >= 4 is 0 Å². The molecule has 0 aliphatic carbocycles. The third-order valence-corrected chi connectivity index (χ3v) is 2.87. The number of aromatic nitrogens is 4. The van der Waals surface area contributed by atoms with Crippen LogP contribution in [-0.2, 0) is 20.5 Å². The molecule has 0 aliphatic rings. The zero-order valence-corrected chi connectivity index (χ0v) is 10.2. The van der Waals surface area contributed by atoms with Gasteiger partial charge in [-0.15, -0.1) is 0 Å². The molecule has 0 fully saturated rings. The predicted octanol–water partition coefficient (Wildman–Crippen LogP) is 0.291. The van der Waals surface area contributed by atoms with E-state index in [4.69, 9.17) is 5.84 Å². The molecule has 2 heterocycles. The van der Waals surface area contributed by atoms with Crippen molar-refractivity contribution in [1.82, 2.24) is 24.8 Å². The number of aryl methyl sites for hydroxylation is 3. The maximum Gasteiger partial charge on any atom is 0.108 e. The van der Waals surface area contributed by atoms with Crippen molar-refractivity contribution in [2.24, 2.45) is 19.9 Å². The third-order valence-electron chi connectivity index (χ3n) is 2.87. The minimum Gasteiger partial charge on any atom is -0.338 e. The van der Waals surface area contributed by atoms with Crippen LogP contribution >= 0.6 is 0 Å². The Balaban J connectivity index is 1.99. The Labute approximate surface area is 100 Å². The molecule has 0 amide bonds. The van der Waals surface area contributed by atoms with Gasteiger partial charge in [0, 0.05) is 39.1 Å². The maximum atomic E-state index is 5.57. The molecule has 3 N–H and O–H groups in total. The van der Waals surface area contributed by atoms with Crippen LogP contribution in [0.15, 0.2) is 24.7 Å². The summed E-state index contributed by atoms with van der Waals surface area (Å²) in [7, 11) is 3.89. The quantitative estimate of drug-likeness (QED) is 0.576. The largest absolute Gasteiger partial charge is 0.338 e. The van der Waals surface area contributed by atoms with E-state index in [1.54, 1.807) is 10.9 Å². The van der Waals surface area contributed by atoms with Crippen LogP contribution < -0.4 is 11.3 Å². The summed E-state index contributed by atoms with van der Waals surface area (Å²) >= 11 is 0. The number of imidazole rings is 1. The Hall–Kier alpha value is -1.66. The Morgan fingerprint density at radius 2 is 2.24 bits per heavy atom. The molecule has 17 heavy (non-hydrogen) atoms. The normalized spacial score (nSPS) is 12.9. The van der Waals surface area contributed by atoms with Crippen LogP contribution in [0.5, 0.6) is 0 Å². The molecule has 2 aromatic heterocycles. The van der Waals surface area contributed by atoms with Gasteiger partial charge in [-0.3, -0.25) is 16.0 Å². The number of nitrogens with zero attached hydrogens (tertiary/aromatic N) is 4. The molecule has 0 radical (unpaired) electrons. The summed E-state index contributed by atoms with van der Waals surface area (Å²) < 4.78 is 3.80. The average molecular weight is 234 g/mol. The van der Waals surface area contributed by atoms with Gasteiger partial charge in [-0.25, -0.2) is 4.98 Å². The maximum absolute atomic E-state index is 5.57. The second-order valence-electron chi connectivity index (χ2n) is 4.13. The number of nitrogens with two attached hydrogens (primary N) is 1. The predicted molar refractivity (Wildman–Crippen MR) is 64.8 cm³/mol. The number of hydrogen-bond acceptors (Lipinski definition) is 4. The van der Waals surface area contributed by atoms with E-state index in [1.807, 2.05) is 37.1 Å². The van der Waals surface area contributed by atoms with E-state index in [-0.39, 0.29) is 6.04 Å². The minimum absolute atomic E-state index is 0.0629. The second kappa shape index (κ2) is 5.11. The lowest BCUT2D eigenvalue weighted by molar-refractivity contribution is 0.489. The fourth-order valence-corrected chi connectivity index (χ4v) is 1.85. The SMILES string of the molecule is Cn1ccc(C(CCc2nccn2C)NN)n1. The topological polar surface area (TPSA) is 73.7 Å². The van der Waals surface area contributed by atoms with Gasteiger partial charge in [0.1, 0.15) is 5.82 Å². The van der Waals surface area contributed by atoms with Crippen molar-refractivity contribution in [3.05, 3.63) is 36.2 Å². The molecule has 0 saturated carbocycles. The lowest BCUT2D eigenvalue weighted by Gasteiger charge is -2.13. The summed E-state index contributed by atoms with van der Waals surface area (Å²) in [5, 5.41) is 4.35. The van der Waals surface area contributed by atoms with Gasteiger partial charge in [-0.05, 0) is 12.5 Å². The van der Waals surface area contributed by atoms with Crippen molar-refractivity contribution in [2.75, 3.05) is 0 Å². The van der Waals surface area contributed by atoms with Crippen LogP contribution in [0.25, 0.3) is 0 Å². The fourth-order valence-electron chi connectivity index (χ4n) is 1.85. The first kappa shape index (κ1) is 11.8. The van der Waals surface area contributed by atoms with E-state index < -0.39 is 0 Å². The molecule has 92 valence electrons. The molecule has 2 rings (SSSR count). The third kappa shape index (κ3) is 2.72. The van der Waals surface area contributed by atoms with Gasteiger partial charge in [0.15, 0.2) is 0 Å². The molecule has 1 unspecified atom stereocenters. The molecule has 0 bridgehead atoms. The van der Waals surface area contributed by atoms with Gasteiger partial charge in [-0.2, -0.15) is 5.10 Å². The zero-order valence-electron chi connectivity index (χ0n) is 10.2. The van der Waals surface area contributed by atoms with Crippen molar-refractivity contribution < 1.29 is 0 Å². The number of rotatable bonds is 5. The summed E-state index contributed by atoms with van der Waals surface area (Å²) in [6.07, 6.45) is 7.41. The van der Waals surface area contributed by atoms with Gasteiger partial charge in [0.05, 0.1) is 11.7 Å². The monoisotopic (exact) mass is 234 g/mol. The fraction of sp³-hybridized carbons (Fsp3) is 0.455. The molecule has 0 spiro atoms. The van der Waals surface area contributed by atoms with E-state index in [1.165, 1.54) is 0 Å². The Kier molecular flexibility index (Phi) is 3.55. The van der Waals surface area contributed by atoms with Crippen LogP contribution in [0.3, 0.4) is 0 Å². The molecular weight excluding hydrogens is 216 g/mol. The Morgan fingerprint density at radius 3 is 2.76 bits per heavy atom. The molecule has 0 aromatic carbocycles. The van der Waals surface area contributed by atoms with E-state index in [0.29, 0.717) is 0 Å². The van der Waals surface area contributed by atoms with Crippen molar-refractivity contribution in [2.45, 2.75) is 18.9 Å². The van der Waals surface area contributed by atoms with Crippen LogP contribution in [0, 0.1) is 0 Å². The molecule has 6 nitrogen and oxygen atoms in total. The molecule has 1 atom stereocenters. The van der Waals surface area contributed by atoms with E-state index >= 15 is 0 Å². The van der Waals surface area contributed by atoms with Crippen molar-refractivity contribution in [1.29, 1.82) is 0 Å². The minimum atomic E-state index is 0.0629. The summed E-state index contributed by atoms with van der Waals surface area (Å²) in [6.45, 7) is 0. The molecule has 0 saturated heterocycles. The van der Waals surface area contributed by atoms with Crippen molar-refractivity contribution in [3.63, 3.8) is 0 Å². The van der Waals surface area contributed by atoms with Crippen molar-refractivity contribution in [3.8, 4) is 0 Å². The Morgan fingerprint density at radius 1 is 1.41 bits per heavy atom. The first-order valence-electron chi connectivity index (χ1n) is 5.62. The summed E-state index contributed by atoms with van der Waals surface area (Å²) in [6, 6.07) is 2.04. The van der Waals surface area contributed by atoms with Crippen LogP contribution in [0.1, 0.15) is 24.0 Å². The zero-order chi connectivity index (χ0) is 12.3. The van der Waals surface area contributed by atoms with Gasteiger partial charge >= 0.3 is 0 Å². The highest BCUT2D eigenvalue weighted by molar-refractivity contribution is 5.06. The van der Waals surface area contributed by atoms with Crippen LogP contribution in [0.2, 0.25) is 0 Å². The van der Waals surface area contributed by atoms with Gasteiger partial charge in [0.25, 0.3) is 0 Å². The molecule has 2 aromatic rings. The average Bonchev–Trinajstić information content (AvgIpc) is 2.90. The first-order valence-corrected chi connectivity index (χ1v) is 5.62. The van der Waals surface area contributed by atoms with E-state index in [2.05, 4.69) is 15.5 Å².